The maximum absolute atomic E-state index is 12.6. The van der Waals surface area contributed by atoms with E-state index in [0.717, 1.165) is 18.0 Å². The van der Waals surface area contributed by atoms with Crippen molar-refractivity contribution in [2.24, 2.45) is 11.8 Å². The van der Waals surface area contributed by atoms with Gasteiger partial charge in [-0.2, -0.15) is 0 Å². The Morgan fingerprint density at radius 3 is 2.40 bits per heavy atom. The standard InChI is InChI=1S/C20H30N2O2S/c23-15-18-14-22(20(24)16-25-19-8-4-3-5-9-19)13-17(18)12-21-10-6-1-2-7-11-21/h3-5,8-9,17-18,23H,1-2,6-7,10-16H2/t17-,18-/m0/s1. The number of rotatable bonds is 6. The third kappa shape index (κ3) is 5.47. The molecule has 0 aliphatic carbocycles. The Labute approximate surface area is 155 Å². The third-order valence-electron chi connectivity index (χ3n) is 5.46. The van der Waals surface area contributed by atoms with Crippen LogP contribution in [0.15, 0.2) is 35.2 Å². The fraction of sp³-hybridized carbons (Fsp3) is 0.650. The zero-order valence-electron chi connectivity index (χ0n) is 15.0. The largest absolute Gasteiger partial charge is 0.396 e. The summed E-state index contributed by atoms with van der Waals surface area (Å²) in [5, 5.41) is 9.77. The minimum Gasteiger partial charge on any atom is -0.396 e. The minimum absolute atomic E-state index is 0.189. The number of amides is 1. The molecule has 2 saturated heterocycles. The summed E-state index contributed by atoms with van der Waals surface area (Å²) in [6, 6.07) is 10.1. The number of aliphatic hydroxyl groups is 1. The van der Waals surface area contributed by atoms with E-state index in [-0.39, 0.29) is 18.4 Å². The zero-order chi connectivity index (χ0) is 17.5. The molecule has 138 valence electrons. The van der Waals surface area contributed by atoms with Crippen molar-refractivity contribution in [3.63, 3.8) is 0 Å². The van der Waals surface area contributed by atoms with Gasteiger partial charge in [0.05, 0.1) is 5.75 Å². The molecule has 0 spiro atoms. The number of carbonyl (C=O) groups excluding carboxylic acids is 1. The van der Waals surface area contributed by atoms with E-state index >= 15 is 0 Å². The van der Waals surface area contributed by atoms with E-state index in [2.05, 4.69) is 4.90 Å². The first-order valence-corrected chi connectivity index (χ1v) is 10.5. The molecule has 2 aliphatic rings. The van der Waals surface area contributed by atoms with Crippen LogP contribution in [0.3, 0.4) is 0 Å². The molecule has 1 amide bonds. The summed E-state index contributed by atoms with van der Waals surface area (Å²) in [6.07, 6.45) is 5.25. The second-order valence-electron chi connectivity index (χ2n) is 7.32. The van der Waals surface area contributed by atoms with Gasteiger partial charge in [-0.25, -0.2) is 0 Å². The Morgan fingerprint density at radius 2 is 1.72 bits per heavy atom. The molecule has 2 aliphatic heterocycles. The van der Waals surface area contributed by atoms with E-state index in [9.17, 15) is 9.90 Å². The van der Waals surface area contributed by atoms with Gasteiger partial charge in [-0.05, 0) is 44.0 Å². The Balaban J connectivity index is 1.50. The fourth-order valence-electron chi connectivity index (χ4n) is 3.96. The van der Waals surface area contributed by atoms with Crippen molar-refractivity contribution in [3.05, 3.63) is 30.3 Å². The molecule has 0 radical (unpaired) electrons. The highest BCUT2D eigenvalue weighted by Gasteiger charge is 2.35. The average molecular weight is 363 g/mol. The zero-order valence-corrected chi connectivity index (χ0v) is 15.8. The summed E-state index contributed by atoms with van der Waals surface area (Å²) in [7, 11) is 0. The number of aliphatic hydroxyl groups excluding tert-OH is 1. The molecule has 3 rings (SSSR count). The first-order valence-electron chi connectivity index (χ1n) is 9.55. The van der Waals surface area contributed by atoms with E-state index in [0.29, 0.717) is 18.2 Å². The van der Waals surface area contributed by atoms with E-state index in [1.54, 1.807) is 11.8 Å². The first-order chi connectivity index (χ1) is 12.3. The van der Waals surface area contributed by atoms with Crippen molar-refractivity contribution in [2.45, 2.75) is 30.6 Å². The Kier molecular flexibility index (Phi) is 7.20. The van der Waals surface area contributed by atoms with Crippen molar-refractivity contribution in [1.29, 1.82) is 0 Å². The summed E-state index contributed by atoms with van der Waals surface area (Å²) >= 11 is 1.60. The van der Waals surface area contributed by atoms with Gasteiger partial charge < -0.3 is 14.9 Å². The fourth-order valence-corrected chi connectivity index (χ4v) is 4.78. The number of hydrogen-bond donors (Lipinski definition) is 1. The van der Waals surface area contributed by atoms with Gasteiger partial charge in [0.2, 0.25) is 5.91 Å². The first kappa shape index (κ1) is 18.7. The molecular weight excluding hydrogens is 332 g/mol. The second-order valence-corrected chi connectivity index (χ2v) is 8.37. The Morgan fingerprint density at radius 1 is 1.04 bits per heavy atom. The van der Waals surface area contributed by atoms with Crippen LogP contribution in [-0.2, 0) is 4.79 Å². The predicted octanol–water partition coefficient (Wildman–Crippen LogP) is 2.72. The van der Waals surface area contributed by atoms with Crippen molar-refractivity contribution < 1.29 is 9.90 Å². The van der Waals surface area contributed by atoms with Crippen LogP contribution in [0.1, 0.15) is 25.7 Å². The lowest BCUT2D eigenvalue weighted by atomic mass is 9.96. The lowest BCUT2D eigenvalue weighted by Crippen LogP contribution is -2.35. The summed E-state index contributed by atoms with van der Waals surface area (Å²) < 4.78 is 0. The molecule has 0 bridgehead atoms. The molecular formula is C20H30N2O2S. The molecule has 1 aromatic rings. The second kappa shape index (κ2) is 9.60. The molecule has 25 heavy (non-hydrogen) atoms. The monoisotopic (exact) mass is 362 g/mol. The summed E-state index contributed by atoms with van der Waals surface area (Å²) in [5.41, 5.74) is 0. The molecule has 5 heteroatoms. The van der Waals surface area contributed by atoms with Crippen molar-refractivity contribution >= 4 is 17.7 Å². The molecule has 1 N–H and O–H groups in total. The molecule has 2 fully saturated rings. The predicted molar refractivity (Wildman–Crippen MR) is 103 cm³/mol. The SMILES string of the molecule is O=C(CSc1ccccc1)N1C[C@@H](CO)[C@@H](CN2CCCCCC2)C1. The highest BCUT2D eigenvalue weighted by molar-refractivity contribution is 8.00. The topological polar surface area (TPSA) is 43.8 Å². The van der Waals surface area contributed by atoms with Crippen LogP contribution in [0, 0.1) is 11.8 Å². The van der Waals surface area contributed by atoms with Gasteiger partial charge in [0.15, 0.2) is 0 Å². The van der Waals surface area contributed by atoms with Crippen molar-refractivity contribution in [3.8, 4) is 0 Å². The summed E-state index contributed by atoms with van der Waals surface area (Å²) in [5.74, 6) is 1.33. The Hall–Kier alpha value is -1.04. The van der Waals surface area contributed by atoms with Crippen LogP contribution >= 0.6 is 11.8 Å². The third-order valence-corrected chi connectivity index (χ3v) is 6.46. The number of nitrogens with zero attached hydrogens (tertiary/aromatic N) is 2. The van der Waals surface area contributed by atoms with Gasteiger partial charge in [-0.3, -0.25) is 4.79 Å². The average Bonchev–Trinajstić information content (AvgIpc) is 2.87. The summed E-state index contributed by atoms with van der Waals surface area (Å²) in [4.78, 5) is 18.2. The van der Waals surface area contributed by atoms with Crippen LogP contribution in [0.4, 0.5) is 0 Å². The molecule has 2 atom stereocenters. The van der Waals surface area contributed by atoms with Crippen LogP contribution in [0.2, 0.25) is 0 Å². The van der Waals surface area contributed by atoms with Crippen molar-refractivity contribution in [2.75, 3.05) is 45.1 Å². The van der Waals surface area contributed by atoms with Crippen LogP contribution in [-0.4, -0.2) is 65.9 Å². The number of thioether (sulfide) groups is 1. The molecule has 2 heterocycles. The van der Waals surface area contributed by atoms with E-state index in [1.807, 2.05) is 35.2 Å². The van der Waals surface area contributed by atoms with E-state index in [1.165, 1.54) is 38.8 Å². The molecule has 0 saturated carbocycles. The van der Waals surface area contributed by atoms with Crippen LogP contribution in [0.5, 0.6) is 0 Å². The lowest BCUT2D eigenvalue weighted by molar-refractivity contribution is -0.127. The number of likely N-dealkylation sites (tertiary alicyclic amines) is 2. The van der Waals surface area contributed by atoms with Crippen molar-refractivity contribution in [1.82, 2.24) is 9.80 Å². The summed E-state index contributed by atoms with van der Waals surface area (Å²) in [6.45, 7) is 5.08. The maximum Gasteiger partial charge on any atom is 0.232 e. The van der Waals surface area contributed by atoms with Gasteiger partial charge in [-0.1, -0.05) is 31.0 Å². The van der Waals surface area contributed by atoms with Gasteiger partial charge >= 0.3 is 0 Å². The minimum atomic E-state index is 0.189. The lowest BCUT2D eigenvalue weighted by Gasteiger charge is -2.26. The normalized spacial score (nSPS) is 25.1. The molecule has 1 aromatic carbocycles. The number of hydrogen-bond acceptors (Lipinski definition) is 4. The van der Waals surface area contributed by atoms with Gasteiger partial charge in [0, 0.05) is 37.1 Å². The van der Waals surface area contributed by atoms with Crippen LogP contribution < -0.4 is 0 Å². The highest BCUT2D eigenvalue weighted by Crippen LogP contribution is 2.27. The Bertz CT molecular complexity index is 532. The number of carbonyl (C=O) groups is 1. The molecule has 0 aromatic heterocycles. The molecule has 0 unspecified atom stereocenters. The smallest absolute Gasteiger partial charge is 0.232 e. The van der Waals surface area contributed by atoms with E-state index in [4.69, 9.17) is 0 Å². The van der Waals surface area contributed by atoms with E-state index < -0.39 is 0 Å². The maximum atomic E-state index is 12.6. The quantitative estimate of drug-likeness (QED) is 0.791. The van der Waals surface area contributed by atoms with Crippen LogP contribution in [0.25, 0.3) is 0 Å². The molecule has 4 nitrogen and oxygen atoms in total. The van der Waals surface area contributed by atoms with Gasteiger partial charge in [-0.15, -0.1) is 11.8 Å². The van der Waals surface area contributed by atoms with Gasteiger partial charge in [0.25, 0.3) is 0 Å². The number of benzene rings is 1. The highest BCUT2D eigenvalue weighted by atomic mass is 32.2. The van der Waals surface area contributed by atoms with Gasteiger partial charge in [0.1, 0.15) is 0 Å².